The van der Waals surface area contributed by atoms with Crippen LogP contribution < -0.4 is 0 Å². The topological polar surface area (TPSA) is 12.9 Å². The van der Waals surface area contributed by atoms with Gasteiger partial charge in [-0.1, -0.05) is 135 Å². The Morgan fingerprint density at radius 2 is 1.05 bits per heavy atom. The highest BCUT2D eigenvalue weighted by Gasteiger charge is 2.35. The van der Waals surface area contributed by atoms with Crippen LogP contribution in [0.2, 0.25) is 0 Å². The van der Waals surface area contributed by atoms with Crippen LogP contribution in [0.5, 0.6) is 0 Å². The number of benzene rings is 6. The predicted octanol–water partition coefficient (Wildman–Crippen LogP) is 10.7. The van der Waals surface area contributed by atoms with E-state index in [2.05, 4.69) is 147 Å². The summed E-state index contributed by atoms with van der Waals surface area (Å²) in [5.41, 5.74) is 13.8. The van der Waals surface area contributed by atoms with E-state index in [1.165, 1.54) is 71.8 Å². The van der Waals surface area contributed by atoms with Gasteiger partial charge in [-0.3, -0.25) is 4.98 Å². The van der Waals surface area contributed by atoms with E-state index in [-0.39, 0.29) is 5.41 Å². The number of aromatic nitrogens is 1. The first kappa shape index (κ1) is 23.8. The molecule has 0 amide bonds. The summed E-state index contributed by atoms with van der Waals surface area (Å²) in [5.74, 6) is 0. The zero-order valence-electron chi connectivity index (χ0n) is 23.2. The Morgan fingerprint density at radius 1 is 0.439 bits per heavy atom. The van der Waals surface area contributed by atoms with E-state index < -0.39 is 0 Å². The molecule has 0 unspecified atom stereocenters. The Balaban J connectivity index is 1.42. The Kier molecular flexibility index (Phi) is 5.24. The molecule has 1 heteroatoms. The van der Waals surface area contributed by atoms with Crippen LogP contribution in [0.25, 0.3) is 66.2 Å². The van der Waals surface area contributed by atoms with Gasteiger partial charge in [0.2, 0.25) is 0 Å². The maximum Gasteiger partial charge on any atom is 0.0792 e. The minimum Gasteiger partial charge on any atom is -0.256 e. The van der Waals surface area contributed by atoms with Crippen LogP contribution in [0.15, 0.2) is 140 Å². The first-order chi connectivity index (χ1) is 20.1. The smallest absolute Gasteiger partial charge is 0.0792 e. The molecule has 0 aliphatic heterocycles. The van der Waals surface area contributed by atoms with Crippen molar-refractivity contribution >= 4 is 21.7 Å². The van der Waals surface area contributed by atoms with E-state index in [1.54, 1.807) is 0 Å². The van der Waals surface area contributed by atoms with Gasteiger partial charge in [0, 0.05) is 22.6 Å². The average molecular weight is 524 g/mol. The lowest BCUT2D eigenvalue weighted by Gasteiger charge is -2.23. The molecule has 0 fully saturated rings. The average Bonchev–Trinajstić information content (AvgIpc) is 3.26. The normalized spacial score (nSPS) is 13.3. The van der Waals surface area contributed by atoms with Gasteiger partial charge in [-0.05, 0) is 73.0 Å². The van der Waals surface area contributed by atoms with Gasteiger partial charge in [-0.2, -0.15) is 0 Å². The fraction of sp³-hybridized carbons (Fsp3) is 0.0750. The minimum absolute atomic E-state index is 0.0441. The van der Waals surface area contributed by atoms with Crippen molar-refractivity contribution in [3.8, 4) is 44.5 Å². The number of pyridine rings is 1. The van der Waals surface area contributed by atoms with E-state index in [4.69, 9.17) is 4.98 Å². The second-order valence-corrected chi connectivity index (χ2v) is 11.5. The molecule has 0 N–H and O–H groups in total. The summed E-state index contributed by atoms with van der Waals surface area (Å²) in [7, 11) is 0. The molecule has 1 aliphatic rings. The molecule has 0 radical (unpaired) electrons. The number of hydrogen-bond acceptors (Lipinski definition) is 1. The van der Waals surface area contributed by atoms with Crippen LogP contribution in [0.3, 0.4) is 0 Å². The van der Waals surface area contributed by atoms with Crippen molar-refractivity contribution < 1.29 is 0 Å². The number of fused-ring (bicyclic) bond motifs is 5. The van der Waals surface area contributed by atoms with E-state index in [0.717, 1.165) is 5.52 Å². The summed E-state index contributed by atoms with van der Waals surface area (Å²) in [6, 6.07) is 48.5. The van der Waals surface area contributed by atoms with Gasteiger partial charge in [-0.25, -0.2) is 0 Å². The molecule has 7 aromatic rings. The number of nitrogens with zero attached hydrogens (tertiary/aromatic N) is 1. The molecule has 1 nitrogen and oxygen atoms in total. The highest BCUT2D eigenvalue weighted by Crippen LogP contribution is 2.51. The van der Waals surface area contributed by atoms with E-state index in [1.807, 2.05) is 6.20 Å². The van der Waals surface area contributed by atoms with Crippen LogP contribution in [0.4, 0.5) is 0 Å². The summed E-state index contributed by atoms with van der Waals surface area (Å²) in [6.45, 7) is 4.70. The second kappa shape index (κ2) is 9.01. The highest BCUT2D eigenvalue weighted by atomic mass is 14.7. The molecule has 8 rings (SSSR count). The fourth-order valence-corrected chi connectivity index (χ4v) is 7.01. The molecule has 0 atom stereocenters. The van der Waals surface area contributed by atoms with Crippen molar-refractivity contribution in [2.75, 3.05) is 0 Å². The van der Waals surface area contributed by atoms with Crippen LogP contribution >= 0.6 is 0 Å². The van der Waals surface area contributed by atoms with E-state index in [0.29, 0.717) is 0 Å². The summed E-state index contributed by atoms with van der Waals surface area (Å²) < 4.78 is 0. The molecule has 0 saturated carbocycles. The van der Waals surface area contributed by atoms with Crippen molar-refractivity contribution in [2.45, 2.75) is 19.3 Å². The second-order valence-electron chi connectivity index (χ2n) is 11.5. The zero-order valence-corrected chi connectivity index (χ0v) is 23.2. The zero-order chi connectivity index (χ0) is 27.6. The lowest BCUT2D eigenvalue weighted by molar-refractivity contribution is 0.660. The first-order valence-electron chi connectivity index (χ1n) is 14.3. The molecular weight excluding hydrogens is 494 g/mol. The van der Waals surface area contributed by atoms with Gasteiger partial charge in [0.05, 0.1) is 5.52 Å². The summed E-state index contributed by atoms with van der Waals surface area (Å²) >= 11 is 0. The van der Waals surface area contributed by atoms with Gasteiger partial charge in [0.25, 0.3) is 0 Å². The van der Waals surface area contributed by atoms with Crippen molar-refractivity contribution in [1.82, 2.24) is 4.98 Å². The Bertz CT molecular complexity index is 2060. The van der Waals surface area contributed by atoms with Gasteiger partial charge < -0.3 is 0 Å². The lowest BCUT2D eigenvalue weighted by Crippen LogP contribution is -2.14. The Hall–Kier alpha value is -5.01. The quantitative estimate of drug-likeness (QED) is 0.210. The number of rotatable bonds is 3. The van der Waals surface area contributed by atoms with Gasteiger partial charge in [0.1, 0.15) is 0 Å². The van der Waals surface area contributed by atoms with Gasteiger partial charge in [-0.15, -0.1) is 0 Å². The lowest BCUT2D eigenvalue weighted by atomic mass is 9.81. The fourth-order valence-electron chi connectivity index (χ4n) is 7.01. The molecule has 6 aromatic carbocycles. The monoisotopic (exact) mass is 523 g/mol. The van der Waals surface area contributed by atoms with Crippen molar-refractivity contribution in [1.29, 1.82) is 0 Å². The molecule has 1 aliphatic carbocycles. The Morgan fingerprint density at radius 3 is 1.85 bits per heavy atom. The van der Waals surface area contributed by atoms with E-state index in [9.17, 15) is 0 Å². The standard InChI is InChI=1S/C40H29N/c1-40(2)35-21-11-10-16-29(35)30-23-22-27(25-36(30)40)28-15-6-7-17-31(28)38-33-19-9-8-18-32(33)37(26-13-4-3-5-14-26)39-34(38)20-12-24-41-39/h3-25H,1-2H3. The summed E-state index contributed by atoms with van der Waals surface area (Å²) in [6.07, 6.45) is 1.92. The summed E-state index contributed by atoms with van der Waals surface area (Å²) in [5, 5.41) is 3.64. The van der Waals surface area contributed by atoms with Crippen LogP contribution in [-0.4, -0.2) is 4.98 Å². The largest absolute Gasteiger partial charge is 0.256 e. The molecule has 0 spiro atoms. The van der Waals surface area contributed by atoms with Gasteiger partial charge >= 0.3 is 0 Å². The minimum atomic E-state index is -0.0441. The molecule has 1 aromatic heterocycles. The van der Waals surface area contributed by atoms with Crippen LogP contribution in [-0.2, 0) is 5.41 Å². The SMILES string of the molecule is CC1(C)c2ccccc2-c2ccc(-c3ccccc3-c3c4ccccc4c(-c4ccccc4)c4ncccc34)cc21. The third-order valence-electron chi connectivity index (χ3n) is 8.93. The maximum atomic E-state index is 4.99. The van der Waals surface area contributed by atoms with Crippen molar-refractivity contribution in [2.24, 2.45) is 0 Å². The summed E-state index contributed by atoms with van der Waals surface area (Å²) in [4.78, 5) is 4.99. The van der Waals surface area contributed by atoms with Crippen LogP contribution in [0, 0.1) is 0 Å². The molecule has 0 saturated heterocycles. The molecule has 0 bridgehead atoms. The molecular formula is C40H29N. The molecule has 194 valence electrons. The van der Waals surface area contributed by atoms with Gasteiger partial charge in [0.15, 0.2) is 0 Å². The van der Waals surface area contributed by atoms with E-state index >= 15 is 0 Å². The maximum absolute atomic E-state index is 4.99. The van der Waals surface area contributed by atoms with Crippen LogP contribution in [0.1, 0.15) is 25.0 Å². The van der Waals surface area contributed by atoms with Crippen molar-refractivity contribution in [3.05, 3.63) is 151 Å². The highest BCUT2D eigenvalue weighted by molar-refractivity contribution is 6.21. The molecule has 41 heavy (non-hydrogen) atoms. The predicted molar refractivity (Wildman–Crippen MR) is 173 cm³/mol. The molecule has 1 heterocycles. The third kappa shape index (κ3) is 3.52. The third-order valence-corrected chi connectivity index (χ3v) is 8.93. The number of hydrogen-bond donors (Lipinski definition) is 0. The Labute approximate surface area is 240 Å². The first-order valence-corrected chi connectivity index (χ1v) is 14.3. The van der Waals surface area contributed by atoms with Crippen molar-refractivity contribution in [3.63, 3.8) is 0 Å².